The number of nitrogens with one attached hydrogen (secondary N) is 1. The van der Waals surface area contributed by atoms with Crippen molar-refractivity contribution in [2.75, 3.05) is 37.6 Å². The summed E-state index contributed by atoms with van der Waals surface area (Å²) in [7, 11) is 0. The maximum Gasteiger partial charge on any atom is 0.225 e. The van der Waals surface area contributed by atoms with Crippen LogP contribution in [0, 0.1) is 11.7 Å². The van der Waals surface area contributed by atoms with Gasteiger partial charge in [0.1, 0.15) is 6.10 Å². The second-order valence-corrected chi connectivity index (χ2v) is 10.4. The normalized spacial score (nSPS) is 22.3. The zero-order valence-corrected chi connectivity index (χ0v) is 20.6. The lowest BCUT2D eigenvalue weighted by Gasteiger charge is -2.30. The van der Waals surface area contributed by atoms with Crippen LogP contribution in [0.15, 0.2) is 42.5 Å². The topological polar surface area (TPSA) is 65.0 Å². The summed E-state index contributed by atoms with van der Waals surface area (Å²) in [5.41, 5.74) is 1.49. The van der Waals surface area contributed by atoms with Gasteiger partial charge in [-0.25, -0.2) is 4.39 Å². The monoisotopic (exact) mass is 501 g/mol. The molecular weight excluding hydrogens is 469 g/mol. The standard InChI is InChI=1S/C27H33ClFN3O3/c28-20-4-6-21(7-5-20)32-14-11-19(16-32)27(34)30-24(17-31-12-1-2-13-31)26(33)18-3-10-25(23(29)15-18)35-22-8-9-22/h3-7,10,15,19,22,24,26,33H,1-2,8-9,11-14,16-17H2,(H,30,34). The first-order chi connectivity index (χ1) is 17.0. The van der Waals surface area contributed by atoms with E-state index in [1.54, 1.807) is 12.1 Å². The summed E-state index contributed by atoms with van der Waals surface area (Å²) in [6.45, 7) is 3.81. The molecule has 1 aliphatic carbocycles. The van der Waals surface area contributed by atoms with Crippen LogP contribution in [0.5, 0.6) is 5.75 Å². The number of aliphatic hydroxyl groups excluding tert-OH is 1. The number of nitrogens with zero attached hydrogens (tertiary/aromatic N) is 2. The molecule has 0 spiro atoms. The van der Waals surface area contributed by atoms with Gasteiger partial charge in [-0.05, 0) is 87.2 Å². The third-order valence-corrected chi connectivity index (χ3v) is 7.48. The van der Waals surface area contributed by atoms with Gasteiger partial charge in [-0.15, -0.1) is 0 Å². The smallest absolute Gasteiger partial charge is 0.225 e. The molecule has 35 heavy (non-hydrogen) atoms. The highest BCUT2D eigenvalue weighted by Crippen LogP contribution is 2.31. The Morgan fingerprint density at radius 2 is 1.86 bits per heavy atom. The van der Waals surface area contributed by atoms with Gasteiger partial charge in [0.15, 0.2) is 11.6 Å². The van der Waals surface area contributed by atoms with E-state index in [9.17, 15) is 14.3 Å². The summed E-state index contributed by atoms with van der Waals surface area (Å²) in [6.07, 6.45) is 3.94. The number of benzene rings is 2. The van der Waals surface area contributed by atoms with Crippen LogP contribution in [0.4, 0.5) is 10.1 Å². The van der Waals surface area contributed by atoms with Gasteiger partial charge in [0, 0.05) is 30.3 Å². The van der Waals surface area contributed by atoms with Crippen molar-refractivity contribution in [3.63, 3.8) is 0 Å². The number of carbonyl (C=O) groups is 1. The lowest BCUT2D eigenvalue weighted by molar-refractivity contribution is -0.126. The Bertz CT molecular complexity index is 1030. The van der Waals surface area contributed by atoms with Crippen LogP contribution in [0.2, 0.25) is 5.02 Å². The Kier molecular flexibility index (Phi) is 7.46. The molecule has 0 radical (unpaired) electrons. The summed E-state index contributed by atoms with van der Waals surface area (Å²) in [5, 5.41) is 15.0. The molecule has 0 aromatic heterocycles. The number of likely N-dealkylation sites (tertiary alicyclic amines) is 1. The summed E-state index contributed by atoms with van der Waals surface area (Å²) in [5.74, 6) is -0.505. The van der Waals surface area contributed by atoms with Crippen LogP contribution < -0.4 is 15.0 Å². The highest BCUT2D eigenvalue weighted by molar-refractivity contribution is 6.30. The Morgan fingerprint density at radius 1 is 1.11 bits per heavy atom. The van der Waals surface area contributed by atoms with Crippen LogP contribution in [0.1, 0.15) is 43.8 Å². The second kappa shape index (κ2) is 10.7. The zero-order chi connectivity index (χ0) is 24.4. The van der Waals surface area contributed by atoms with Crippen LogP contribution >= 0.6 is 11.6 Å². The van der Waals surface area contributed by atoms with Crippen molar-refractivity contribution in [1.29, 1.82) is 0 Å². The maximum atomic E-state index is 14.7. The molecule has 2 aromatic carbocycles. The number of ether oxygens (including phenoxy) is 1. The zero-order valence-electron chi connectivity index (χ0n) is 19.8. The summed E-state index contributed by atoms with van der Waals surface area (Å²) >= 11 is 6.01. The fraction of sp³-hybridized carbons (Fsp3) is 0.519. The fourth-order valence-electron chi connectivity index (χ4n) is 5.02. The average molecular weight is 502 g/mol. The van der Waals surface area contributed by atoms with Crippen molar-refractivity contribution >= 4 is 23.2 Å². The minimum Gasteiger partial charge on any atom is -0.487 e. The summed E-state index contributed by atoms with van der Waals surface area (Å²) < 4.78 is 20.3. The molecule has 2 aromatic rings. The van der Waals surface area contributed by atoms with E-state index in [1.165, 1.54) is 6.07 Å². The number of hydrogen-bond donors (Lipinski definition) is 2. The molecule has 8 heteroatoms. The molecule has 2 saturated heterocycles. The number of amides is 1. The molecule has 0 bridgehead atoms. The van der Waals surface area contributed by atoms with E-state index < -0.39 is 18.0 Å². The van der Waals surface area contributed by atoms with Gasteiger partial charge in [-0.3, -0.25) is 4.79 Å². The first-order valence-corrected chi connectivity index (χ1v) is 13.0. The molecule has 3 atom stereocenters. The van der Waals surface area contributed by atoms with Crippen LogP contribution in [-0.4, -0.2) is 60.8 Å². The molecule has 3 fully saturated rings. The van der Waals surface area contributed by atoms with Crippen molar-refractivity contribution < 1.29 is 19.0 Å². The third kappa shape index (κ3) is 6.08. The molecule has 6 nitrogen and oxygen atoms in total. The molecule has 5 rings (SSSR count). The number of carbonyl (C=O) groups excluding carboxylic acids is 1. The minimum absolute atomic E-state index is 0.0705. The van der Waals surface area contributed by atoms with Crippen molar-refractivity contribution in [2.24, 2.45) is 5.92 Å². The lowest BCUT2D eigenvalue weighted by Crippen LogP contribution is -2.48. The van der Waals surface area contributed by atoms with Crippen LogP contribution in [0.3, 0.4) is 0 Å². The molecular formula is C27H33ClFN3O3. The first kappa shape index (κ1) is 24.3. The Balaban J connectivity index is 1.26. The van der Waals surface area contributed by atoms with E-state index >= 15 is 0 Å². The molecule has 1 saturated carbocycles. The molecule has 1 amide bonds. The van der Waals surface area contributed by atoms with E-state index in [0.717, 1.165) is 57.4 Å². The van der Waals surface area contributed by atoms with Gasteiger partial charge in [0.2, 0.25) is 5.91 Å². The Labute approximate surface area is 211 Å². The molecule has 188 valence electrons. The van der Waals surface area contributed by atoms with Crippen molar-refractivity contribution in [1.82, 2.24) is 10.2 Å². The quantitative estimate of drug-likeness (QED) is 0.540. The van der Waals surface area contributed by atoms with Gasteiger partial charge >= 0.3 is 0 Å². The van der Waals surface area contributed by atoms with Gasteiger partial charge in [-0.1, -0.05) is 17.7 Å². The molecule has 2 heterocycles. The van der Waals surface area contributed by atoms with E-state index in [4.69, 9.17) is 16.3 Å². The van der Waals surface area contributed by atoms with E-state index in [1.807, 2.05) is 24.3 Å². The van der Waals surface area contributed by atoms with Gasteiger partial charge < -0.3 is 25.0 Å². The van der Waals surface area contributed by atoms with E-state index in [2.05, 4.69) is 15.1 Å². The minimum atomic E-state index is -1.02. The summed E-state index contributed by atoms with van der Waals surface area (Å²) in [4.78, 5) is 17.7. The number of rotatable bonds is 9. The Morgan fingerprint density at radius 3 is 2.54 bits per heavy atom. The molecule has 2 aliphatic heterocycles. The largest absolute Gasteiger partial charge is 0.487 e. The Hall–Kier alpha value is -2.35. The van der Waals surface area contributed by atoms with Gasteiger partial charge in [0.25, 0.3) is 0 Å². The second-order valence-electron chi connectivity index (χ2n) is 9.98. The maximum absolute atomic E-state index is 14.7. The molecule has 3 aliphatic rings. The molecule has 3 unspecified atom stereocenters. The highest BCUT2D eigenvalue weighted by Gasteiger charge is 2.33. The third-order valence-electron chi connectivity index (χ3n) is 7.23. The van der Waals surface area contributed by atoms with Crippen molar-refractivity contribution in [3.8, 4) is 5.75 Å². The SMILES string of the molecule is O=C(NC(CN1CCCC1)C(O)c1ccc(OC2CC2)c(F)c1)C1CCN(c2ccc(Cl)cc2)C1. The van der Waals surface area contributed by atoms with Crippen molar-refractivity contribution in [3.05, 3.63) is 58.9 Å². The van der Waals surface area contributed by atoms with E-state index in [-0.39, 0.29) is 23.7 Å². The predicted octanol–water partition coefficient (Wildman–Crippen LogP) is 4.16. The average Bonchev–Trinajstić information content (AvgIpc) is 3.30. The number of hydrogen-bond acceptors (Lipinski definition) is 5. The summed E-state index contributed by atoms with van der Waals surface area (Å²) in [6, 6.07) is 11.7. The number of anilines is 1. The van der Waals surface area contributed by atoms with Crippen molar-refractivity contribution in [2.45, 2.75) is 50.4 Å². The lowest BCUT2D eigenvalue weighted by atomic mass is 9.99. The van der Waals surface area contributed by atoms with Crippen LogP contribution in [-0.2, 0) is 4.79 Å². The highest BCUT2D eigenvalue weighted by atomic mass is 35.5. The molecule has 2 N–H and O–H groups in total. The van der Waals surface area contributed by atoms with Gasteiger partial charge in [0.05, 0.1) is 18.1 Å². The number of halogens is 2. The van der Waals surface area contributed by atoms with E-state index in [0.29, 0.717) is 23.7 Å². The fourth-order valence-corrected chi connectivity index (χ4v) is 5.15. The van der Waals surface area contributed by atoms with Gasteiger partial charge in [-0.2, -0.15) is 0 Å². The predicted molar refractivity (Wildman–Crippen MR) is 134 cm³/mol. The van der Waals surface area contributed by atoms with Crippen LogP contribution in [0.25, 0.3) is 0 Å². The first-order valence-electron chi connectivity index (χ1n) is 12.6. The number of aliphatic hydroxyl groups is 1.